The molecule has 17 heavy (non-hydrogen) atoms. The van der Waals surface area contributed by atoms with E-state index in [1.165, 1.54) is 6.07 Å². The molecule has 0 bridgehead atoms. The highest BCUT2D eigenvalue weighted by atomic mass is 28.1. The SMILES string of the molecule is O=[N+]([O-])c1ccccc1NC1([Si])CCCCO1. The first-order chi connectivity index (χ1) is 8.11. The predicted molar refractivity (Wildman–Crippen MR) is 65.0 cm³/mol. The van der Waals surface area contributed by atoms with Crippen LogP contribution in [0.5, 0.6) is 0 Å². The van der Waals surface area contributed by atoms with Gasteiger partial charge < -0.3 is 10.1 Å². The molecular weight excluding hydrogens is 236 g/mol. The predicted octanol–water partition coefficient (Wildman–Crippen LogP) is 2.03. The van der Waals surface area contributed by atoms with Crippen LogP contribution in [-0.2, 0) is 4.74 Å². The van der Waals surface area contributed by atoms with Crippen molar-refractivity contribution in [3.05, 3.63) is 34.4 Å². The molecule has 0 aromatic heterocycles. The molecule has 1 unspecified atom stereocenters. The van der Waals surface area contributed by atoms with Crippen molar-refractivity contribution in [1.82, 2.24) is 0 Å². The second-order valence-electron chi connectivity index (χ2n) is 4.03. The van der Waals surface area contributed by atoms with Crippen molar-refractivity contribution in [3.8, 4) is 0 Å². The molecule has 0 spiro atoms. The summed E-state index contributed by atoms with van der Waals surface area (Å²) in [6, 6.07) is 6.55. The van der Waals surface area contributed by atoms with Crippen LogP contribution in [0.3, 0.4) is 0 Å². The molecule has 6 heteroatoms. The Morgan fingerprint density at radius 3 is 2.82 bits per heavy atom. The van der Waals surface area contributed by atoms with Crippen LogP contribution in [0.2, 0.25) is 0 Å². The number of anilines is 1. The van der Waals surface area contributed by atoms with Gasteiger partial charge in [-0.2, -0.15) is 0 Å². The number of nitro benzene ring substituents is 1. The highest BCUT2D eigenvalue weighted by Crippen LogP contribution is 2.29. The summed E-state index contributed by atoms with van der Waals surface area (Å²) < 4.78 is 5.58. The summed E-state index contributed by atoms with van der Waals surface area (Å²) >= 11 is 0. The molecule has 1 heterocycles. The van der Waals surface area contributed by atoms with Gasteiger partial charge in [0.25, 0.3) is 5.69 Å². The van der Waals surface area contributed by atoms with Gasteiger partial charge in [0.05, 0.1) is 4.92 Å². The van der Waals surface area contributed by atoms with Crippen LogP contribution in [0.15, 0.2) is 24.3 Å². The van der Waals surface area contributed by atoms with Gasteiger partial charge in [-0.25, -0.2) is 0 Å². The van der Waals surface area contributed by atoms with Crippen molar-refractivity contribution >= 4 is 21.6 Å². The summed E-state index contributed by atoms with van der Waals surface area (Å²) in [7, 11) is 3.52. The van der Waals surface area contributed by atoms with Crippen LogP contribution in [0.4, 0.5) is 11.4 Å². The van der Waals surface area contributed by atoms with Gasteiger partial charge in [0.1, 0.15) is 21.3 Å². The van der Waals surface area contributed by atoms with Crippen molar-refractivity contribution < 1.29 is 9.66 Å². The molecule has 1 aromatic carbocycles. The second-order valence-corrected chi connectivity index (χ2v) is 4.84. The number of ether oxygens (including phenoxy) is 1. The van der Waals surface area contributed by atoms with Crippen molar-refractivity contribution in [2.45, 2.75) is 24.6 Å². The smallest absolute Gasteiger partial charge is 0.292 e. The number of benzene rings is 1. The minimum atomic E-state index is -0.690. The number of para-hydroxylation sites is 2. The molecule has 1 aliphatic rings. The maximum atomic E-state index is 10.9. The zero-order valence-electron chi connectivity index (χ0n) is 9.31. The van der Waals surface area contributed by atoms with E-state index in [1.807, 2.05) is 0 Å². The first-order valence-corrected chi connectivity index (χ1v) is 6.01. The van der Waals surface area contributed by atoms with E-state index in [-0.39, 0.29) is 5.69 Å². The number of hydrogen-bond acceptors (Lipinski definition) is 4. The Morgan fingerprint density at radius 1 is 1.41 bits per heavy atom. The fourth-order valence-corrected chi connectivity index (χ4v) is 2.26. The first-order valence-electron chi connectivity index (χ1n) is 5.51. The zero-order chi connectivity index (χ0) is 12.3. The quantitative estimate of drug-likeness (QED) is 0.506. The molecule has 0 amide bonds. The maximum Gasteiger partial charge on any atom is 0.292 e. The molecular formula is C11H13N2O3Si. The van der Waals surface area contributed by atoms with Gasteiger partial charge in [-0.15, -0.1) is 0 Å². The van der Waals surface area contributed by atoms with Gasteiger partial charge in [-0.05, 0) is 25.3 Å². The Bertz CT molecular complexity index is 419. The van der Waals surface area contributed by atoms with Crippen LogP contribution in [0, 0.1) is 10.1 Å². The average Bonchev–Trinajstić information content (AvgIpc) is 2.29. The molecule has 0 saturated carbocycles. The van der Waals surface area contributed by atoms with Crippen LogP contribution >= 0.6 is 0 Å². The standard InChI is InChI=1S/C11H13N2O3Si/c14-13(15)10-6-2-1-5-9(10)12-11(17)7-3-4-8-16-11/h1-2,5-6,12H,3-4,7-8H2. The number of nitro groups is 1. The van der Waals surface area contributed by atoms with E-state index >= 15 is 0 Å². The first kappa shape index (κ1) is 12.1. The highest BCUT2D eigenvalue weighted by molar-refractivity contribution is 6.16. The molecule has 1 aliphatic heterocycles. The fourth-order valence-electron chi connectivity index (χ4n) is 1.85. The lowest BCUT2D eigenvalue weighted by atomic mass is 10.1. The minimum Gasteiger partial charge on any atom is -0.360 e. The van der Waals surface area contributed by atoms with Gasteiger partial charge >= 0.3 is 0 Å². The number of nitrogens with zero attached hydrogens (tertiary/aromatic N) is 1. The van der Waals surface area contributed by atoms with Gasteiger partial charge in [-0.1, -0.05) is 12.1 Å². The highest BCUT2D eigenvalue weighted by Gasteiger charge is 2.29. The van der Waals surface area contributed by atoms with E-state index in [9.17, 15) is 10.1 Å². The van der Waals surface area contributed by atoms with E-state index in [2.05, 4.69) is 15.6 Å². The van der Waals surface area contributed by atoms with E-state index in [1.54, 1.807) is 18.2 Å². The Hall–Kier alpha value is -1.40. The number of nitrogens with one attached hydrogen (secondary N) is 1. The van der Waals surface area contributed by atoms with Crippen molar-refractivity contribution in [3.63, 3.8) is 0 Å². The summed E-state index contributed by atoms with van der Waals surface area (Å²) in [5.41, 5.74) is 0.522. The molecule has 3 radical (unpaired) electrons. The molecule has 1 saturated heterocycles. The average molecular weight is 249 g/mol. The largest absolute Gasteiger partial charge is 0.360 e. The molecule has 1 aromatic rings. The third kappa shape index (κ3) is 2.83. The van der Waals surface area contributed by atoms with Crippen LogP contribution < -0.4 is 5.32 Å². The van der Waals surface area contributed by atoms with Crippen molar-refractivity contribution in [2.75, 3.05) is 11.9 Å². The summed E-state index contributed by atoms with van der Waals surface area (Å²) in [6.45, 7) is 0.650. The zero-order valence-corrected chi connectivity index (χ0v) is 10.3. The van der Waals surface area contributed by atoms with Gasteiger partial charge in [0.2, 0.25) is 0 Å². The maximum absolute atomic E-state index is 10.9. The Labute approximate surface area is 103 Å². The Kier molecular flexibility index (Phi) is 3.44. The van der Waals surface area contributed by atoms with Crippen LogP contribution in [0.1, 0.15) is 19.3 Å². The Balaban J connectivity index is 2.20. The molecule has 0 aliphatic carbocycles. The third-order valence-corrected chi connectivity index (χ3v) is 3.23. The van der Waals surface area contributed by atoms with E-state index in [0.29, 0.717) is 12.3 Å². The lowest BCUT2D eigenvalue weighted by Gasteiger charge is -2.35. The monoisotopic (exact) mass is 249 g/mol. The molecule has 89 valence electrons. The van der Waals surface area contributed by atoms with Gasteiger partial charge in [0.15, 0.2) is 0 Å². The van der Waals surface area contributed by atoms with E-state index < -0.39 is 10.3 Å². The Morgan fingerprint density at radius 2 is 2.18 bits per heavy atom. The lowest BCUT2D eigenvalue weighted by Crippen LogP contribution is -2.44. The van der Waals surface area contributed by atoms with Crippen molar-refractivity contribution in [2.24, 2.45) is 0 Å². The second kappa shape index (κ2) is 4.85. The van der Waals surface area contributed by atoms with Crippen LogP contribution in [0.25, 0.3) is 0 Å². The summed E-state index contributed by atoms with van der Waals surface area (Å²) in [5, 5.41) is 13.2. The summed E-state index contributed by atoms with van der Waals surface area (Å²) in [6.07, 6.45) is 2.82. The minimum absolute atomic E-state index is 0.0549. The van der Waals surface area contributed by atoms with Gasteiger partial charge in [0, 0.05) is 12.7 Å². The molecule has 2 rings (SSSR count). The third-order valence-electron chi connectivity index (χ3n) is 2.71. The van der Waals surface area contributed by atoms with Crippen molar-refractivity contribution in [1.29, 1.82) is 0 Å². The van der Waals surface area contributed by atoms with E-state index in [4.69, 9.17) is 4.74 Å². The van der Waals surface area contributed by atoms with Crippen LogP contribution in [-0.4, -0.2) is 27.1 Å². The van der Waals surface area contributed by atoms with Gasteiger partial charge in [-0.3, -0.25) is 10.1 Å². The van der Waals surface area contributed by atoms with E-state index in [0.717, 1.165) is 19.3 Å². The summed E-state index contributed by atoms with van der Waals surface area (Å²) in [5.74, 6) is 0. The summed E-state index contributed by atoms with van der Waals surface area (Å²) in [4.78, 5) is 10.5. The molecule has 5 nitrogen and oxygen atoms in total. The fraction of sp³-hybridized carbons (Fsp3) is 0.455. The molecule has 1 N–H and O–H groups in total. The number of rotatable bonds is 3. The lowest BCUT2D eigenvalue weighted by molar-refractivity contribution is -0.384. The topological polar surface area (TPSA) is 64.4 Å². The number of hydrogen-bond donors (Lipinski definition) is 1. The molecule has 1 atom stereocenters. The normalized spacial score (nSPS) is 24.3. The molecule has 1 fully saturated rings.